The van der Waals surface area contributed by atoms with Crippen LogP contribution in [0.5, 0.6) is 0 Å². The van der Waals surface area contributed by atoms with Crippen LogP contribution in [0.25, 0.3) is 0 Å². The summed E-state index contributed by atoms with van der Waals surface area (Å²) in [5.74, 6) is 0. The number of methoxy groups -OCH3 is 2. The zero-order valence-corrected chi connectivity index (χ0v) is 28.0. The van der Waals surface area contributed by atoms with Gasteiger partial charge in [0.15, 0.2) is 0 Å². The number of rotatable bonds is 10. The summed E-state index contributed by atoms with van der Waals surface area (Å²) in [7, 11) is -1.81. The molecule has 0 N–H and O–H groups in total. The normalized spacial score (nSPS) is 59.4. The summed E-state index contributed by atoms with van der Waals surface area (Å²) < 4.78 is 21.6. The van der Waals surface area contributed by atoms with Crippen molar-refractivity contribution in [2.75, 3.05) is 27.4 Å². The summed E-state index contributed by atoms with van der Waals surface area (Å²) in [6.45, 7) is 2.07. The van der Waals surface area contributed by atoms with Gasteiger partial charge in [-0.3, -0.25) is 0 Å². The molecule has 10 atom stereocenters. The van der Waals surface area contributed by atoms with Gasteiger partial charge >= 0.3 is 246 Å². The van der Waals surface area contributed by atoms with Crippen LogP contribution in [0.1, 0.15) is 0 Å². The molecule has 2 nitrogen and oxygen atoms in total. The van der Waals surface area contributed by atoms with Gasteiger partial charge in [0.1, 0.15) is 0 Å². The molecule has 10 heterocycles. The van der Waals surface area contributed by atoms with Gasteiger partial charge in [-0.05, 0) is 0 Å². The Hall–Kier alpha value is -1.72. The van der Waals surface area contributed by atoms with Crippen molar-refractivity contribution >= 4 is 37.1 Å². The average Bonchev–Trinajstić information content (AvgIpc) is 4.03. The Morgan fingerprint density at radius 2 is 0.791 bits per heavy atom. The summed E-state index contributed by atoms with van der Waals surface area (Å²) in [5.41, 5.74) is 0. The molecule has 10 saturated heterocycles. The second-order valence-electron chi connectivity index (χ2n) is 17.0. The van der Waals surface area contributed by atoms with E-state index in [2.05, 4.69) is 121 Å². The van der Waals surface area contributed by atoms with E-state index in [1.807, 2.05) is 14.2 Å². The molecule has 218 valence electrons. The molecule has 10 fully saturated rings. The van der Waals surface area contributed by atoms with Crippen LogP contribution >= 0.6 is 15.8 Å². The van der Waals surface area contributed by atoms with Crippen molar-refractivity contribution < 1.29 is 17.2 Å². The molecule has 14 rings (SSSR count). The molecule has 0 saturated carbocycles. The van der Waals surface area contributed by atoms with Crippen LogP contribution in [0, 0.1) is 0 Å². The fraction of sp³-hybridized carbons (Fsp3) is 0.368. The molecule has 1 spiro atoms. The van der Waals surface area contributed by atoms with Crippen molar-refractivity contribution in [3.63, 3.8) is 0 Å². The van der Waals surface area contributed by atoms with E-state index in [9.17, 15) is 0 Å². The fourth-order valence-corrected chi connectivity index (χ4v) is 204. The Labute approximate surface area is 244 Å². The van der Waals surface area contributed by atoms with E-state index >= 15 is 0 Å². The van der Waals surface area contributed by atoms with Gasteiger partial charge in [0.25, 0.3) is 0 Å². The third-order valence-electron chi connectivity index (χ3n) is 21.1. The Morgan fingerprint density at radius 1 is 0.488 bits per heavy atom. The van der Waals surface area contributed by atoms with Crippen molar-refractivity contribution in [3.05, 3.63) is 121 Å². The first-order valence-corrected chi connectivity index (χ1v) is 28.2. The van der Waals surface area contributed by atoms with Crippen LogP contribution in [0.2, 0.25) is 35.1 Å². The van der Waals surface area contributed by atoms with Gasteiger partial charge in [0, 0.05) is 0 Å². The third-order valence-corrected chi connectivity index (χ3v) is 109. The van der Waals surface area contributed by atoms with Crippen molar-refractivity contribution in [2.24, 2.45) is 0 Å². The summed E-state index contributed by atoms with van der Waals surface area (Å²) in [6, 6.07) is 47.6. The quantitative estimate of drug-likeness (QED) is 0.127. The Morgan fingerprint density at radius 3 is 1.05 bits per heavy atom. The molecule has 0 aromatic heterocycles. The van der Waals surface area contributed by atoms with Gasteiger partial charge in [-0.1, -0.05) is 0 Å². The summed E-state index contributed by atoms with van der Waals surface area (Å²) in [4.78, 5) is 0. The van der Waals surface area contributed by atoms with Gasteiger partial charge < -0.3 is 0 Å². The molecule has 4 aromatic rings. The van der Waals surface area contributed by atoms with Gasteiger partial charge in [0.2, 0.25) is 0 Å². The first-order chi connectivity index (χ1) is 21.0. The van der Waals surface area contributed by atoms with Crippen molar-refractivity contribution in [1.82, 2.24) is 0 Å². The average molecular weight is 688 g/mol. The second kappa shape index (κ2) is 3.84. The van der Waals surface area contributed by atoms with Crippen molar-refractivity contribution in [2.45, 2.75) is 42.6 Å². The van der Waals surface area contributed by atoms with Crippen LogP contribution in [-0.4, -0.2) is 34.9 Å². The van der Waals surface area contributed by atoms with Gasteiger partial charge in [0.05, 0.1) is 0 Å². The molecule has 9 unspecified atom stereocenters. The van der Waals surface area contributed by atoms with Crippen molar-refractivity contribution in [1.29, 1.82) is 0 Å². The van der Waals surface area contributed by atoms with E-state index in [-0.39, 0.29) is 0 Å². The van der Waals surface area contributed by atoms with Crippen LogP contribution < -0.4 is 21.2 Å². The molecule has 43 heavy (non-hydrogen) atoms. The predicted octanol–water partition coefficient (Wildman–Crippen LogP) is 7.49. The molecule has 0 radical (unpaired) electrons. The molecule has 0 aliphatic carbocycles. The van der Waals surface area contributed by atoms with E-state index in [1.54, 1.807) is 21.2 Å². The molecule has 0 bridgehead atoms. The van der Waals surface area contributed by atoms with Crippen LogP contribution in [0.4, 0.5) is 0 Å². The van der Waals surface area contributed by atoms with E-state index < -0.39 is 23.6 Å². The van der Waals surface area contributed by atoms with Gasteiger partial charge in [-0.25, -0.2) is 0 Å². The molecule has 10 aliphatic heterocycles. The van der Waals surface area contributed by atoms with Crippen LogP contribution in [0.15, 0.2) is 121 Å². The number of hydrogen-bond acceptors (Lipinski definition) is 2. The molecule has 5 heteroatoms. The summed E-state index contributed by atoms with van der Waals surface area (Å²) in [5, 5.41) is 6.57. The minimum absolute atomic E-state index is 0.483. The minimum atomic E-state index is -4.94. The Bertz CT molecular complexity index is 2180. The van der Waals surface area contributed by atoms with Gasteiger partial charge in [-0.15, -0.1) is 0 Å². The number of hydrogen-bond donors (Lipinski definition) is 0. The maximum atomic E-state index is 6.59. The van der Waals surface area contributed by atoms with Gasteiger partial charge in [-0.2, -0.15) is 0 Å². The molecule has 0 amide bonds. The Kier molecular flexibility index (Phi) is 2.03. The number of benzene rings is 4. The van der Waals surface area contributed by atoms with Crippen LogP contribution in [0.3, 0.4) is 0 Å². The van der Waals surface area contributed by atoms with E-state index in [4.69, 9.17) is 9.47 Å². The van der Waals surface area contributed by atoms with Crippen molar-refractivity contribution in [3.8, 4) is 0 Å². The Balaban J connectivity index is 1.17. The maximum absolute atomic E-state index is 6.59. The summed E-state index contributed by atoms with van der Waals surface area (Å²) in [6.07, 6.45) is 0. The van der Waals surface area contributed by atoms with E-state index in [0.29, 0.717) is 15.5 Å². The first kappa shape index (κ1) is 22.7. The van der Waals surface area contributed by atoms with Crippen LogP contribution in [-0.2, 0) is 17.2 Å². The molecule has 10 aliphatic rings. The summed E-state index contributed by atoms with van der Waals surface area (Å²) >= 11 is 0. The number of ether oxygens (including phenoxy) is 2. The van der Waals surface area contributed by atoms with E-state index in [1.165, 1.54) is 0 Å². The third kappa shape index (κ3) is 0.576. The zero-order valence-electron chi connectivity index (χ0n) is 24.5. The SMILES string of the molecule is COC[C]12[CH]3[CH]4[CH]5[C]1(P(c1ccccc1)c1ccccc1)[Ru]43521678[CH]2[CH]1[C]6(COC)[C@@]7(P(c1ccccc1)c1ccccc1)[CH]28. The second-order valence-corrected chi connectivity index (χ2v) is 59.0. The first-order valence-electron chi connectivity index (χ1n) is 16.0. The predicted molar refractivity (Wildman–Crippen MR) is 175 cm³/mol. The molecular weight excluding hydrogens is 651 g/mol. The topological polar surface area (TPSA) is 18.5 Å². The van der Waals surface area contributed by atoms with E-state index in [0.717, 1.165) is 40.3 Å². The zero-order chi connectivity index (χ0) is 28.2. The monoisotopic (exact) mass is 688 g/mol. The number of fused-ring (bicyclic) bond motifs is 10. The molecular formula is C38H36O2P2Ru. The standard InChI is InChI=1S/2C19H18OP.Ru/c2*1-20-15-16-9-8-14-19(16)21(17-10-4-2-5-11-17)18-12-6-3-7-13-18;/h2*2-14H,15H2,1H3;. The molecule has 4 aromatic carbocycles. The fourth-order valence-electron chi connectivity index (χ4n) is 23.8.